The fourth-order valence-electron chi connectivity index (χ4n) is 4.73. The quantitative estimate of drug-likeness (QED) is 0.195. The molecule has 43 heavy (non-hydrogen) atoms. The van der Waals surface area contributed by atoms with Crippen LogP contribution in [0.4, 0.5) is 16.2 Å². The summed E-state index contributed by atoms with van der Waals surface area (Å²) >= 11 is 0. The van der Waals surface area contributed by atoms with Gasteiger partial charge < -0.3 is 24.7 Å². The van der Waals surface area contributed by atoms with Gasteiger partial charge in [0.1, 0.15) is 6.54 Å². The van der Waals surface area contributed by atoms with E-state index < -0.39 is 12.1 Å². The molecule has 4 rings (SSSR count). The second-order valence-corrected chi connectivity index (χ2v) is 10.2. The van der Waals surface area contributed by atoms with Crippen LogP contribution in [0.15, 0.2) is 83.8 Å². The van der Waals surface area contributed by atoms with E-state index >= 15 is 0 Å². The van der Waals surface area contributed by atoms with Crippen molar-refractivity contribution in [3.63, 3.8) is 0 Å². The Morgan fingerprint density at radius 3 is 2.56 bits per heavy atom. The summed E-state index contributed by atoms with van der Waals surface area (Å²) < 4.78 is 10.5. The minimum absolute atomic E-state index is 0.0321. The second kappa shape index (κ2) is 14.7. The topological polar surface area (TPSA) is 130 Å². The highest BCUT2D eigenvalue weighted by Gasteiger charge is 2.19. The molecule has 3 N–H and O–H groups in total. The molecule has 0 aliphatic carbocycles. The van der Waals surface area contributed by atoms with Crippen molar-refractivity contribution < 1.29 is 23.9 Å². The molecule has 10 nitrogen and oxygen atoms in total. The third-order valence-corrected chi connectivity index (χ3v) is 6.93. The van der Waals surface area contributed by atoms with Crippen LogP contribution in [0.1, 0.15) is 36.5 Å². The van der Waals surface area contributed by atoms with Gasteiger partial charge in [0, 0.05) is 35.4 Å². The van der Waals surface area contributed by atoms with Crippen LogP contribution < -0.4 is 16.2 Å². The number of pyridine rings is 1. The number of benzene rings is 3. The van der Waals surface area contributed by atoms with Gasteiger partial charge in [0.15, 0.2) is 0 Å². The monoisotopic (exact) mass is 584 g/mol. The van der Waals surface area contributed by atoms with E-state index in [0.29, 0.717) is 22.3 Å². The van der Waals surface area contributed by atoms with Crippen LogP contribution in [0, 0.1) is 6.92 Å². The number of carbonyl (C=O) groups is 3. The molecule has 0 fully saturated rings. The number of H-pyrrole nitrogens is 1. The molecule has 2 amide bonds. The summed E-state index contributed by atoms with van der Waals surface area (Å²) in [4.78, 5) is 54.3. The van der Waals surface area contributed by atoms with Crippen molar-refractivity contribution in [3.8, 4) is 0 Å². The molecule has 224 valence electrons. The highest BCUT2D eigenvalue weighted by Crippen LogP contribution is 2.20. The number of amides is 2. The van der Waals surface area contributed by atoms with Crippen LogP contribution in [0.25, 0.3) is 10.8 Å². The van der Waals surface area contributed by atoms with Crippen molar-refractivity contribution in [3.05, 3.63) is 106 Å². The van der Waals surface area contributed by atoms with Crippen LogP contribution in [0.5, 0.6) is 0 Å². The van der Waals surface area contributed by atoms with Crippen molar-refractivity contribution in [1.29, 1.82) is 0 Å². The van der Waals surface area contributed by atoms with E-state index in [1.807, 2.05) is 38.1 Å². The van der Waals surface area contributed by atoms with Gasteiger partial charge in [-0.25, -0.2) is 4.79 Å². The van der Waals surface area contributed by atoms with E-state index in [1.165, 1.54) is 4.90 Å². The molecule has 0 spiro atoms. The molecule has 0 saturated heterocycles. The van der Waals surface area contributed by atoms with Crippen LogP contribution in [0.3, 0.4) is 0 Å². The number of aromatic nitrogens is 1. The van der Waals surface area contributed by atoms with E-state index in [4.69, 9.17) is 9.47 Å². The van der Waals surface area contributed by atoms with Crippen LogP contribution >= 0.6 is 0 Å². The lowest BCUT2D eigenvalue weighted by atomic mass is 9.97. The maximum absolute atomic E-state index is 13.2. The molecule has 1 aromatic heterocycles. The van der Waals surface area contributed by atoms with Crippen LogP contribution in [-0.2, 0) is 25.6 Å². The smallest absolute Gasteiger partial charge is 0.411 e. The van der Waals surface area contributed by atoms with Gasteiger partial charge in [-0.2, -0.15) is 0 Å². The Morgan fingerprint density at radius 2 is 1.77 bits per heavy atom. The number of hydrogen-bond donors (Lipinski definition) is 3. The molecule has 1 atom stereocenters. The van der Waals surface area contributed by atoms with Crippen molar-refractivity contribution in [2.75, 3.05) is 36.9 Å². The van der Waals surface area contributed by atoms with Crippen molar-refractivity contribution in [1.82, 2.24) is 9.88 Å². The zero-order chi connectivity index (χ0) is 30.8. The van der Waals surface area contributed by atoms with E-state index in [0.717, 1.165) is 16.5 Å². The summed E-state index contributed by atoms with van der Waals surface area (Å²) in [7, 11) is 0. The first-order chi connectivity index (χ1) is 20.7. The van der Waals surface area contributed by atoms with Crippen molar-refractivity contribution >= 4 is 40.1 Å². The summed E-state index contributed by atoms with van der Waals surface area (Å²) in [5, 5.41) is 7.05. The number of aryl methyl sites for hydroxylation is 1. The number of esters is 1. The standard InChI is InChI=1S/C33H36N4O6/c1-4-42-31(39)20-37(30(38)18-35-26-13-12-25-14-15-34-32(40)29(25)17-26)19-24-9-7-10-27(16-24)36-33(41)43-21-23(3)28-11-6-5-8-22(28)2/h5-17,23,35H,4,18-21H2,1-3H3,(H,34,40)(H,36,41). The molecular formula is C33H36N4O6. The van der Waals surface area contributed by atoms with E-state index in [9.17, 15) is 19.2 Å². The van der Waals surface area contributed by atoms with Gasteiger partial charge in [-0.3, -0.25) is 19.7 Å². The molecule has 0 aliphatic rings. The Morgan fingerprint density at radius 1 is 0.953 bits per heavy atom. The second-order valence-electron chi connectivity index (χ2n) is 10.2. The number of ether oxygens (including phenoxy) is 2. The Balaban J connectivity index is 1.39. The molecule has 0 saturated carbocycles. The molecule has 0 radical (unpaired) electrons. The Hall–Kier alpha value is -5.12. The summed E-state index contributed by atoms with van der Waals surface area (Å²) in [6.45, 7) is 5.87. The SMILES string of the molecule is CCOC(=O)CN(Cc1cccc(NC(=O)OCC(C)c2ccccc2C)c1)C(=O)CNc1ccc2cc[nH]c(=O)c2c1. The van der Waals surface area contributed by atoms with Crippen LogP contribution in [0.2, 0.25) is 0 Å². The van der Waals surface area contributed by atoms with Crippen LogP contribution in [-0.4, -0.2) is 54.2 Å². The zero-order valence-corrected chi connectivity index (χ0v) is 24.5. The summed E-state index contributed by atoms with van der Waals surface area (Å²) in [6.07, 6.45) is 0.991. The van der Waals surface area contributed by atoms with Crippen molar-refractivity contribution in [2.24, 2.45) is 0 Å². The number of fused-ring (bicyclic) bond motifs is 1. The van der Waals surface area contributed by atoms with Gasteiger partial charge >= 0.3 is 12.1 Å². The maximum Gasteiger partial charge on any atom is 0.411 e. The number of carbonyl (C=O) groups excluding carboxylic acids is 3. The minimum Gasteiger partial charge on any atom is -0.465 e. The first-order valence-corrected chi connectivity index (χ1v) is 14.1. The lowest BCUT2D eigenvalue weighted by Gasteiger charge is -2.23. The number of nitrogens with zero attached hydrogens (tertiary/aromatic N) is 1. The first kappa shape index (κ1) is 30.8. The normalized spacial score (nSPS) is 11.4. The molecule has 3 aromatic carbocycles. The largest absolute Gasteiger partial charge is 0.465 e. The molecule has 1 unspecified atom stereocenters. The molecule has 0 aliphatic heterocycles. The highest BCUT2D eigenvalue weighted by atomic mass is 16.5. The molecular weight excluding hydrogens is 548 g/mol. The molecule has 0 bridgehead atoms. The third kappa shape index (κ3) is 8.68. The summed E-state index contributed by atoms with van der Waals surface area (Å²) in [5.74, 6) is -0.851. The predicted octanol–water partition coefficient (Wildman–Crippen LogP) is 5.19. The zero-order valence-electron chi connectivity index (χ0n) is 24.5. The summed E-state index contributed by atoms with van der Waals surface area (Å²) in [6, 6.07) is 22.0. The van der Waals surface area contributed by atoms with E-state index in [2.05, 4.69) is 15.6 Å². The van der Waals surface area contributed by atoms with E-state index in [1.54, 1.807) is 61.7 Å². The van der Waals surface area contributed by atoms with E-state index in [-0.39, 0.29) is 50.2 Å². The molecule has 1 heterocycles. The lowest BCUT2D eigenvalue weighted by molar-refractivity contribution is -0.148. The number of aromatic amines is 1. The Bertz CT molecular complexity index is 1650. The maximum atomic E-state index is 13.2. The number of hydrogen-bond acceptors (Lipinski definition) is 7. The van der Waals surface area contributed by atoms with Crippen molar-refractivity contribution in [2.45, 2.75) is 33.2 Å². The molecule has 4 aromatic rings. The highest BCUT2D eigenvalue weighted by molar-refractivity contribution is 5.88. The fourth-order valence-corrected chi connectivity index (χ4v) is 4.73. The average Bonchev–Trinajstić information content (AvgIpc) is 2.99. The third-order valence-electron chi connectivity index (χ3n) is 6.93. The average molecular weight is 585 g/mol. The lowest BCUT2D eigenvalue weighted by Crippen LogP contribution is -2.39. The first-order valence-electron chi connectivity index (χ1n) is 14.1. The Kier molecular flexibility index (Phi) is 10.5. The minimum atomic E-state index is -0.588. The van der Waals surface area contributed by atoms with Gasteiger partial charge in [-0.15, -0.1) is 0 Å². The number of nitrogens with one attached hydrogen (secondary N) is 3. The summed E-state index contributed by atoms with van der Waals surface area (Å²) in [5.41, 5.74) is 3.81. The molecule has 10 heteroatoms. The van der Waals surface area contributed by atoms with Gasteiger partial charge in [0.2, 0.25) is 5.91 Å². The van der Waals surface area contributed by atoms with Gasteiger partial charge in [0.05, 0.1) is 19.8 Å². The predicted molar refractivity (Wildman–Crippen MR) is 166 cm³/mol. The van der Waals surface area contributed by atoms with Gasteiger partial charge in [-0.05, 0) is 66.3 Å². The van der Waals surface area contributed by atoms with Gasteiger partial charge in [0.25, 0.3) is 5.56 Å². The number of rotatable bonds is 12. The van der Waals surface area contributed by atoms with Gasteiger partial charge in [-0.1, -0.05) is 49.4 Å². The Labute approximate surface area is 250 Å². The number of anilines is 2. The fraction of sp³-hybridized carbons (Fsp3) is 0.273.